The largest absolute Gasteiger partial charge is 0.432 e. The van der Waals surface area contributed by atoms with Crippen molar-refractivity contribution in [2.45, 2.75) is 20.0 Å². The highest BCUT2D eigenvalue weighted by atomic mass is 32.1. The molecule has 0 fully saturated rings. The van der Waals surface area contributed by atoms with Gasteiger partial charge >= 0.3 is 6.18 Å². The molecule has 0 atom stereocenters. The molecule has 4 heterocycles. The highest BCUT2D eigenvalue weighted by Gasteiger charge is 2.33. The fraction of sp³-hybridized carbons (Fsp3) is 0.231. The van der Waals surface area contributed by atoms with Crippen molar-refractivity contribution in [2.24, 2.45) is 0 Å². The number of aryl methyl sites for hydroxylation is 2. The van der Waals surface area contributed by atoms with Crippen molar-refractivity contribution in [3.63, 3.8) is 0 Å². The minimum atomic E-state index is -4.49. The summed E-state index contributed by atoms with van der Waals surface area (Å²) in [4.78, 5) is 10.6. The number of halogens is 3. The van der Waals surface area contributed by atoms with Crippen LogP contribution in [0.25, 0.3) is 27.4 Å². The van der Waals surface area contributed by atoms with Gasteiger partial charge < -0.3 is 0 Å². The van der Waals surface area contributed by atoms with Crippen LogP contribution in [0.5, 0.6) is 0 Å². The molecule has 0 amide bonds. The second-order valence-corrected chi connectivity index (χ2v) is 6.28. The number of H-pyrrole nitrogens is 1. The minimum absolute atomic E-state index is 0.0405. The van der Waals surface area contributed by atoms with Crippen molar-refractivity contribution in [2.75, 3.05) is 0 Å². The fourth-order valence-electron chi connectivity index (χ4n) is 2.33. The maximum atomic E-state index is 12.7. The predicted molar refractivity (Wildman–Crippen MR) is 78.2 cm³/mol. The first kappa shape index (κ1) is 14.1. The number of nitrogens with one attached hydrogen (secondary N) is 1. The highest BCUT2D eigenvalue weighted by Crippen LogP contribution is 2.32. The van der Waals surface area contributed by atoms with Crippen LogP contribution in [0.1, 0.15) is 16.1 Å². The smallest absolute Gasteiger partial charge is 0.273 e. The van der Waals surface area contributed by atoms with Crippen LogP contribution in [0.3, 0.4) is 0 Å². The molecule has 0 bridgehead atoms. The topological polar surface area (TPSA) is 71.8 Å². The van der Waals surface area contributed by atoms with Gasteiger partial charge in [-0.15, -0.1) is 16.4 Å². The summed E-state index contributed by atoms with van der Waals surface area (Å²) in [5, 5.41) is 10.7. The highest BCUT2D eigenvalue weighted by molar-refractivity contribution is 7.18. The SMILES string of the molecule is Cc1sc2ncn3nc(-c4cc(C(F)(F)F)[nH]n4)nc3c2c1C. The van der Waals surface area contributed by atoms with Gasteiger partial charge in [0.1, 0.15) is 22.5 Å². The normalized spacial score (nSPS) is 12.6. The van der Waals surface area contributed by atoms with Crippen LogP contribution < -0.4 is 0 Å². The molecule has 4 aromatic heterocycles. The van der Waals surface area contributed by atoms with Crippen LogP contribution >= 0.6 is 11.3 Å². The van der Waals surface area contributed by atoms with Gasteiger partial charge in [0.25, 0.3) is 0 Å². The Bertz CT molecular complexity index is 1040. The second-order valence-electron chi connectivity index (χ2n) is 5.08. The van der Waals surface area contributed by atoms with Gasteiger partial charge in [0.2, 0.25) is 5.82 Å². The first-order valence-corrected chi connectivity index (χ1v) is 7.40. The van der Waals surface area contributed by atoms with Gasteiger partial charge in [0, 0.05) is 4.88 Å². The molecule has 10 heteroatoms. The standard InChI is InChI=1S/C13H9F3N6S/c1-5-6(2)23-12-9(5)11-18-10(21-22(11)4-17-12)7-3-8(20-19-7)13(14,15)16/h3-4H,1-2H3,(H,19,20). The third-order valence-electron chi connectivity index (χ3n) is 3.62. The van der Waals surface area contributed by atoms with Gasteiger partial charge in [-0.1, -0.05) is 0 Å². The molecule has 0 aliphatic rings. The molecule has 23 heavy (non-hydrogen) atoms. The third-order valence-corrected chi connectivity index (χ3v) is 4.73. The Balaban J connectivity index is 1.92. The Morgan fingerprint density at radius 3 is 2.74 bits per heavy atom. The summed E-state index contributed by atoms with van der Waals surface area (Å²) in [5.74, 6) is 0.120. The molecule has 0 spiro atoms. The lowest BCUT2D eigenvalue weighted by Gasteiger charge is -1.99. The summed E-state index contributed by atoms with van der Waals surface area (Å²) in [5.41, 5.74) is 0.708. The van der Waals surface area contributed by atoms with E-state index in [0.29, 0.717) is 5.65 Å². The Kier molecular flexibility index (Phi) is 2.77. The number of rotatable bonds is 1. The molecule has 0 saturated carbocycles. The second kappa shape index (κ2) is 4.51. The average Bonchev–Trinajstić information content (AvgIpc) is 3.16. The van der Waals surface area contributed by atoms with E-state index < -0.39 is 11.9 Å². The van der Waals surface area contributed by atoms with E-state index in [4.69, 9.17) is 0 Å². The number of hydrogen-bond donors (Lipinski definition) is 1. The molecule has 118 valence electrons. The van der Waals surface area contributed by atoms with E-state index in [1.165, 1.54) is 10.8 Å². The van der Waals surface area contributed by atoms with E-state index >= 15 is 0 Å². The van der Waals surface area contributed by atoms with Crippen molar-refractivity contribution in [1.29, 1.82) is 0 Å². The van der Waals surface area contributed by atoms with Crippen molar-refractivity contribution < 1.29 is 13.2 Å². The Morgan fingerprint density at radius 1 is 1.26 bits per heavy atom. The van der Waals surface area contributed by atoms with E-state index in [2.05, 4.69) is 20.2 Å². The summed E-state index contributed by atoms with van der Waals surface area (Å²) in [7, 11) is 0. The van der Waals surface area contributed by atoms with Crippen molar-refractivity contribution in [1.82, 2.24) is 29.8 Å². The molecule has 0 unspecified atom stereocenters. The Hall–Kier alpha value is -2.49. The third kappa shape index (κ3) is 2.09. The van der Waals surface area contributed by atoms with Crippen molar-refractivity contribution >= 4 is 27.2 Å². The number of aromatic amines is 1. The summed E-state index contributed by atoms with van der Waals surface area (Å²) in [6.07, 6.45) is -2.98. The van der Waals surface area contributed by atoms with E-state index in [1.54, 1.807) is 11.3 Å². The molecule has 0 aliphatic heterocycles. The number of hydrogen-bond acceptors (Lipinski definition) is 5. The van der Waals surface area contributed by atoms with Crippen LogP contribution in [0.4, 0.5) is 13.2 Å². The lowest BCUT2D eigenvalue weighted by Crippen LogP contribution is -2.04. The van der Waals surface area contributed by atoms with Crippen molar-refractivity contribution in [3.8, 4) is 11.5 Å². The van der Waals surface area contributed by atoms with E-state index in [1.807, 2.05) is 18.9 Å². The van der Waals surface area contributed by atoms with Crippen LogP contribution in [-0.4, -0.2) is 29.8 Å². The number of aromatic nitrogens is 6. The van der Waals surface area contributed by atoms with E-state index in [0.717, 1.165) is 26.7 Å². The van der Waals surface area contributed by atoms with Gasteiger partial charge in [-0.25, -0.2) is 14.5 Å². The first-order chi connectivity index (χ1) is 10.8. The van der Waals surface area contributed by atoms with E-state index in [9.17, 15) is 13.2 Å². The zero-order chi connectivity index (χ0) is 16.4. The average molecular weight is 338 g/mol. The summed E-state index contributed by atoms with van der Waals surface area (Å²) < 4.78 is 39.4. The number of nitrogens with zero attached hydrogens (tertiary/aromatic N) is 5. The molecule has 0 aromatic carbocycles. The molecular weight excluding hydrogens is 329 g/mol. The van der Waals surface area contributed by atoms with Gasteiger partial charge in [0.05, 0.1) is 5.39 Å². The quantitative estimate of drug-likeness (QED) is 0.578. The minimum Gasteiger partial charge on any atom is -0.273 e. The first-order valence-electron chi connectivity index (χ1n) is 6.58. The fourth-order valence-corrected chi connectivity index (χ4v) is 3.33. The molecular formula is C13H9F3N6S. The molecule has 0 saturated heterocycles. The number of thiophene rings is 1. The zero-order valence-electron chi connectivity index (χ0n) is 11.9. The van der Waals surface area contributed by atoms with Gasteiger partial charge in [-0.2, -0.15) is 18.3 Å². The molecule has 4 rings (SSSR count). The van der Waals surface area contributed by atoms with Crippen molar-refractivity contribution in [3.05, 3.63) is 28.5 Å². The molecule has 6 nitrogen and oxygen atoms in total. The maximum absolute atomic E-state index is 12.7. The molecule has 0 radical (unpaired) electrons. The lowest BCUT2D eigenvalue weighted by molar-refractivity contribution is -0.141. The van der Waals surface area contributed by atoms with Crippen LogP contribution in [0, 0.1) is 13.8 Å². The maximum Gasteiger partial charge on any atom is 0.432 e. The predicted octanol–water partition coefficient (Wildman–Crippen LogP) is 3.36. The summed E-state index contributed by atoms with van der Waals surface area (Å²) in [6, 6.07) is 0.894. The summed E-state index contributed by atoms with van der Waals surface area (Å²) in [6.45, 7) is 3.94. The van der Waals surface area contributed by atoms with Gasteiger partial charge in [-0.05, 0) is 25.5 Å². The number of fused-ring (bicyclic) bond motifs is 3. The van der Waals surface area contributed by atoms with Crippen LogP contribution in [0.2, 0.25) is 0 Å². The molecule has 4 aromatic rings. The number of alkyl halides is 3. The Labute approximate surface area is 131 Å². The van der Waals surface area contributed by atoms with Crippen LogP contribution in [0.15, 0.2) is 12.4 Å². The molecule has 1 N–H and O–H groups in total. The lowest BCUT2D eigenvalue weighted by atomic mass is 10.2. The van der Waals surface area contributed by atoms with Crippen LogP contribution in [-0.2, 0) is 6.18 Å². The zero-order valence-corrected chi connectivity index (χ0v) is 12.7. The monoisotopic (exact) mass is 338 g/mol. The molecule has 0 aliphatic carbocycles. The van der Waals surface area contributed by atoms with E-state index in [-0.39, 0.29) is 11.5 Å². The van der Waals surface area contributed by atoms with Gasteiger partial charge in [-0.3, -0.25) is 5.10 Å². The van der Waals surface area contributed by atoms with Gasteiger partial charge in [0.15, 0.2) is 5.65 Å². The summed E-state index contributed by atoms with van der Waals surface area (Å²) >= 11 is 1.54. The Morgan fingerprint density at radius 2 is 2.04 bits per heavy atom.